The van der Waals surface area contributed by atoms with E-state index in [-0.39, 0.29) is 11.7 Å². The van der Waals surface area contributed by atoms with E-state index in [4.69, 9.17) is 9.15 Å². The van der Waals surface area contributed by atoms with Gasteiger partial charge in [0.1, 0.15) is 17.1 Å². The Bertz CT molecular complexity index is 1270. The van der Waals surface area contributed by atoms with Crippen molar-refractivity contribution in [1.29, 1.82) is 0 Å². The molecule has 0 bridgehead atoms. The van der Waals surface area contributed by atoms with Crippen LogP contribution in [-0.2, 0) is 4.79 Å². The fourth-order valence-electron chi connectivity index (χ4n) is 3.70. The van der Waals surface area contributed by atoms with Crippen LogP contribution < -0.4 is 10.1 Å². The molecular formula is C26H22FNO3. The maximum atomic E-state index is 13.1. The zero-order chi connectivity index (χ0) is 22.0. The fourth-order valence-corrected chi connectivity index (χ4v) is 3.70. The van der Waals surface area contributed by atoms with E-state index in [9.17, 15) is 9.18 Å². The van der Waals surface area contributed by atoms with Gasteiger partial charge in [-0.25, -0.2) is 4.39 Å². The van der Waals surface area contributed by atoms with Crippen LogP contribution in [0.1, 0.15) is 18.1 Å². The minimum Gasteiger partial charge on any atom is -0.496 e. The van der Waals surface area contributed by atoms with Gasteiger partial charge in [0.2, 0.25) is 5.91 Å². The monoisotopic (exact) mass is 415 g/mol. The Labute approximate surface area is 180 Å². The van der Waals surface area contributed by atoms with E-state index in [0.29, 0.717) is 11.4 Å². The molecule has 1 aromatic heterocycles. The highest BCUT2D eigenvalue weighted by molar-refractivity contribution is 6.05. The Morgan fingerprint density at radius 2 is 1.81 bits per heavy atom. The SMILES string of the molecule is COc1c(/C(C)=C/C(=O)Nc2ccc(F)cc2)cc2c(-c3ccccc3)coc2c1C. The number of aryl methyl sites for hydroxylation is 1. The summed E-state index contributed by atoms with van der Waals surface area (Å²) in [6, 6.07) is 17.6. The van der Waals surface area contributed by atoms with Gasteiger partial charge in [-0.2, -0.15) is 0 Å². The number of rotatable bonds is 5. The highest BCUT2D eigenvalue weighted by atomic mass is 19.1. The van der Waals surface area contributed by atoms with Gasteiger partial charge < -0.3 is 14.5 Å². The van der Waals surface area contributed by atoms with Gasteiger partial charge in [0.25, 0.3) is 0 Å². The number of carbonyl (C=O) groups is 1. The molecule has 4 aromatic rings. The van der Waals surface area contributed by atoms with Crippen molar-refractivity contribution in [2.45, 2.75) is 13.8 Å². The molecule has 0 aliphatic heterocycles. The van der Waals surface area contributed by atoms with E-state index >= 15 is 0 Å². The van der Waals surface area contributed by atoms with Gasteiger partial charge >= 0.3 is 0 Å². The summed E-state index contributed by atoms with van der Waals surface area (Å²) in [7, 11) is 1.60. The van der Waals surface area contributed by atoms with E-state index in [1.165, 1.54) is 30.3 Å². The van der Waals surface area contributed by atoms with Gasteiger partial charge in [0, 0.05) is 33.8 Å². The summed E-state index contributed by atoms with van der Waals surface area (Å²) in [5.41, 5.74) is 5.71. The fraction of sp³-hybridized carbons (Fsp3) is 0.115. The topological polar surface area (TPSA) is 51.5 Å². The summed E-state index contributed by atoms with van der Waals surface area (Å²) >= 11 is 0. The van der Waals surface area contributed by atoms with Crippen molar-refractivity contribution < 1.29 is 18.3 Å². The van der Waals surface area contributed by atoms with Crippen LogP contribution in [0.25, 0.3) is 27.7 Å². The Balaban J connectivity index is 1.75. The number of furan rings is 1. The maximum Gasteiger partial charge on any atom is 0.248 e. The Morgan fingerprint density at radius 3 is 2.48 bits per heavy atom. The quantitative estimate of drug-likeness (QED) is 0.374. The number of amides is 1. The lowest BCUT2D eigenvalue weighted by Crippen LogP contribution is -2.08. The Kier molecular flexibility index (Phi) is 5.58. The first-order valence-electron chi connectivity index (χ1n) is 9.87. The van der Waals surface area contributed by atoms with Crippen molar-refractivity contribution in [1.82, 2.24) is 0 Å². The molecule has 0 saturated carbocycles. The van der Waals surface area contributed by atoms with Gasteiger partial charge in [-0.3, -0.25) is 4.79 Å². The zero-order valence-corrected chi connectivity index (χ0v) is 17.5. The molecular weight excluding hydrogens is 393 g/mol. The molecule has 156 valence electrons. The zero-order valence-electron chi connectivity index (χ0n) is 17.5. The lowest BCUT2D eigenvalue weighted by molar-refractivity contribution is -0.111. The first-order chi connectivity index (χ1) is 15.0. The predicted molar refractivity (Wildman–Crippen MR) is 122 cm³/mol. The minimum absolute atomic E-state index is 0.306. The van der Waals surface area contributed by atoms with Crippen molar-refractivity contribution in [3.8, 4) is 16.9 Å². The molecule has 4 rings (SSSR count). The van der Waals surface area contributed by atoms with Crippen LogP contribution in [0.3, 0.4) is 0 Å². The molecule has 1 amide bonds. The van der Waals surface area contributed by atoms with Crippen molar-refractivity contribution in [2.75, 3.05) is 12.4 Å². The summed E-state index contributed by atoms with van der Waals surface area (Å²) in [4.78, 5) is 12.5. The lowest BCUT2D eigenvalue weighted by Gasteiger charge is -2.13. The molecule has 1 N–H and O–H groups in total. The molecule has 0 spiro atoms. The van der Waals surface area contributed by atoms with Gasteiger partial charge in [-0.1, -0.05) is 30.3 Å². The number of anilines is 1. The number of ether oxygens (including phenoxy) is 1. The average molecular weight is 415 g/mol. The second-order valence-corrected chi connectivity index (χ2v) is 7.30. The van der Waals surface area contributed by atoms with E-state index in [0.717, 1.165) is 38.8 Å². The maximum absolute atomic E-state index is 13.1. The first kappa shape index (κ1) is 20.4. The summed E-state index contributed by atoms with van der Waals surface area (Å²) in [6.07, 6.45) is 3.26. The number of benzene rings is 3. The highest BCUT2D eigenvalue weighted by Gasteiger charge is 2.18. The van der Waals surface area contributed by atoms with E-state index in [2.05, 4.69) is 5.32 Å². The molecule has 4 nitrogen and oxygen atoms in total. The number of halogens is 1. The van der Waals surface area contributed by atoms with Gasteiger partial charge in [0.15, 0.2) is 0 Å². The van der Waals surface area contributed by atoms with Crippen LogP contribution in [-0.4, -0.2) is 13.0 Å². The third kappa shape index (κ3) is 4.08. The highest BCUT2D eigenvalue weighted by Crippen LogP contribution is 2.40. The van der Waals surface area contributed by atoms with Crippen molar-refractivity contribution in [3.05, 3.63) is 89.9 Å². The largest absolute Gasteiger partial charge is 0.496 e. The summed E-state index contributed by atoms with van der Waals surface area (Å²) in [5.74, 6) is -0.00301. The normalized spacial score (nSPS) is 11.5. The van der Waals surface area contributed by atoms with Gasteiger partial charge in [-0.05, 0) is 55.3 Å². The number of nitrogens with one attached hydrogen (secondary N) is 1. The van der Waals surface area contributed by atoms with Crippen molar-refractivity contribution in [3.63, 3.8) is 0 Å². The van der Waals surface area contributed by atoms with Crippen LogP contribution >= 0.6 is 0 Å². The molecule has 3 aromatic carbocycles. The van der Waals surface area contributed by atoms with Crippen molar-refractivity contribution in [2.24, 2.45) is 0 Å². The standard InChI is InChI=1S/C26H22FNO3/c1-16(13-24(29)28-20-11-9-19(27)10-12-20)21-14-22-23(18-7-5-4-6-8-18)15-31-26(22)17(2)25(21)30-3/h4-15H,1-3H3,(H,28,29)/b16-13+. The Morgan fingerprint density at radius 1 is 1.10 bits per heavy atom. The molecule has 0 fully saturated rings. The van der Waals surface area contributed by atoms with Crippen LogP contribution in [0.15, 0.2) is 77.4 Å². The second kappa shape index (κ2) is 8.48. The molecule has 1 heterocycles. The summed E-state index contributed by atoms with van der Waals surface area (Å²) < 4.78 is 24.6. The third-order valence-corrected chi connectivity index (χ3v) is 5.22. The van der Waals surface area contributed by atoms with E-state index in [1.54, 1.807) is 13.4 Å². The molecule has 0 atom stereocenters. The number of allylic oxidation sites excluding steroid dienone is 1. The molecule has 5 heteroatoms. The second-order valence-electron chi connectivity index (χ2n) is 7.30. The number of hydrogen-bond acceptors (Lipinski definition) is 3. The smallest absolute Gasteiger partial charge is 0.248 e. The molecule has 0 aliphatic carbocycles. The molecule has 31 heavy (non-hydrogen) atoms. The van der Waals surface area contributed by atoms with Crippen LogP contribution in [0.4, 0.5) is 10.1 Å². The number of hydrogen-bond donors (Lipinski definition) is 1. The van der Waals surface area contributed by atoms with Crippen LogP contribution in [0, 0.1) is 12.7 Å². The van der Waals surface area contributed by atoms with Gasteiger partial charge in [0.05, 0.1) is 13.4 Å². The minimum atomic E-state index is -0.354. The molecule has 0 aliphatic rings. The summed E-state index contributed by atoms with van der Waals surface area (Å²) in [6.45, 7) is 3.80. The third-order valence-electron chi connectivity index (χ3n) is 5.22. The van der Waals surface area contributed by atoms with E-state index < -0.39 is 0 Å². The predicted octanol–water partition coefficient (Wildman–Crippen LogP) is 6.60. The van der Waals surface area contributed by atoms with Crippen LogP contribution in [0.2, 0.25) is 0 Å². The Hall–Kier alpha value is -3.86. The van der Waals surface area contributed by atoms with Crippen LogP contribution in [0.5, 0.6) is 5.75 Å². The molecule has 0 unspecified atom stereocenters. The molecule has 0 radical (unpaired) electrons. The number of fused-ring (bicyclic) bond motifs is 1. The first-order valence-corrected chi connectivity index (χ1v) is 9.87. The van der Waals surface area contributed by atoms with Crippen molar-refractivity contribution >= 4 is 28.1 Å². The number of methoxy groups -OCH3 is 1. The number of carbonyl (C=O) groups excluding carboxylic acids is 1. The van der Waals surface area contributed by atoms with E-state index in [1.807, 2.05) is 50.2 Å². The average Bonchev–Trinajstić information content (AvgIpc) is 3.20. The molecule has 0 saturated heterocycles. The van der Waals surface area contributed by atoms with Gasteiger partial charge in [-0.15, -0.1) is 0 Å². The lowest BCUT2D eigenvalue weighted by atomic mass is 9.96. The summed E-state index contributed by atoms with van der Waals surface area (Å²) in [5, 5.41) is 3.70.